The van der Waals surface area contributed by atoms with Gasteiger partial charge in [0.05, 0.1) is 5.41 Å². The van der Waals surface area contributed by atoms with Crippen molar-refractivity contribution in [2.75, 3.05) is 32.7 Å². The van der Waals surface area contributed by atoms with E-state index in [0.29, 0.717) is 12.6 Å². The monoisotopic (exact) mass is 333 g/mol. The molecule has 1 N–H and O–H groups in total. The number of carboxylic acid groups (broad SMARTS) is 1. The van der Waals surface area contributed by atoms with E-state index in [0.717, 1.165) is 32.7 Å². The summed E-state index contributed by atoms with van der Waals surface area (Å²) in [6.45, 7) is 4.96. The van der Waals surface area contributed by atoms with Crippen molar-refractivity contribution >= 4 is 5.97 Å². The van der Waals surface area contributed by atoms with Gasteiger partial charge < -0.3 is 9.67 Å². The van der Waals surface area contributed by atoms with Crippen LogP contribution in [0.25, 0.3) is 0 Å². The predicted molar refractivity (Wildman–Crippen MR) is 88.5 cm³/mol. The fourth-order valence-corrected chi connectivity index (χ4v) is 5.00. The van der Waals surface area contributed by atoms with E-state index in [9.17, 15) is 9.90 Å². The average Bonchev–Trinajstić information content (AvgIpc) is 3.28. The number of nitrogens with zero attached hydrogens (tertiary/aromatic N) is 5. The van der Waals surface area contributed by atoms with E-state index in [-0.39, 0.29) is 5.92 Å². The molecule has 1 aromatic rings. The van der Waals surface area contributed by atoms with Crippen molar-refractivity contribution in [2.45, 2.75) is 44.7 Å². The Morgan fingerprint density at radius 2 is 1.83 bits per heavy atom. The second kappa shape index (κ2) is 6.44. The summed E-state index contributed by atoms with van der Waals surface area (Å²) in [7, 11) is 0. The van der Waals surface area contributed by atoms with Crippen molar-refractivity contribution in [3.63, 3.8) is 0 Å². The lowest BCUT2D eigenvalue weighted by Crippen LogP contribution is -2.43. The molecular weight excluding hydrogens is 306 g/mol. The van der Waals surface area contributed by atoms with Crippen LogP contribution >= 0.6 is 0 Å². The molecule has 2 atom stereocenters. The number of hydrogen-bond acceptors (Lipinski definition) is 5. The normalized spacial score (nSPS) is 32.2. The van der Waals surface area contributed by atoms with E-state index in [2.05, 4.69) is 20.0 Å². The van der Waals surface area contributed by atoms with Crippen molar-refractivity contribution in [1.82, 2.24) is 24.6 Å². The van der Waals surface area contributed by atoms with Gasteiger partial charge in [0.2, 0.25) is 0 Å². The summed E-state index contributed by atoms with van der Waals surface area (Å²) in [5.41, 5.74) is -0.565. The van der Waals surface area contributed by atoms with Gasteiger partial charge in [-0.05, 0) is 12.8 Å². The average molecular weight is 333 g/mol. The SMILES string of the molecule is O=C(O)[C@]12CN(CCn3cnnc3)C[C@H]1CN(C1CCCCC1)C2. The second-order valence-electron chi connectivity index (χ2n) is 7.81. The molecule has 3 fully saturated rings. The smallest absolute Gasteiger partial charge is 0.312 e. The molecule has 7 heteroatoms. The first-order chi connectivity index (χ1) is 11.7. The number of aromatic nitrogens is 3. The summed E-state index contributed by atoms with van der Waals surface area (Å²) in [5.74, 6) is -0.338. The summed E-state index contributed by atoms with van der Waals surface area (Å²) in [5, 5.41) is 17.6. The minimum Gasteiger partial charge on any atom is -0.481 e. The summed E-state index contributed by atoms with van der Waals surface area (Å²) in [6.07, 6.45) is 9.88. The van der Waals surface area contributed by atoms with Gasteiger partial charge in [-0.25, -0.2) is 0 Å². The quantitative estimate of drug-likeness (QED) is 0.864. The van der Waals surface area contributed by atoms with E-state index in [4.69, 9.17) is 0 Å². The molecule has 2 aliphatic heterocycles. The fraction of sp³-hybridized carbons (Fsp3) is 0.824. The van der Waals surface area contributed by atoms with Crippen molar-refractivity contribution in [2.24, 2.45) is 11.3 Å². The van der Waals surface area contributed by atoms with Gasteiger partial charge in [-0.15, -0.1) is 10.2 Å². The molecule has 4 rings (SSSR count). The molecule has 1 aliphatic carbocycles. The number of fused-ring (bicyclic) bond motifs is 1. The summed E-state index contributed by atoms with van der Waals surface area (Å²) in [4.78, 5) is 16.9. The Morgan fingerprint density at radius 1 is 1.08 bits per heavy atom. The zero-order valence-corrected chi connectivity index (χ0v) is 14.2. The minimum atomic E-state index is -0.599. The molecule has 0 bridgehead atoms. The second-order valence-corrected chi connectivity index (χ2v) is 7.81. The number of hydrogen-bond donors (Lipinski definition) is 1. The van der Waals surface area contributed by atoms with Gasteiger partial charge in [0, 0.05) is 51.2 Å². The van der Waals surface area contributed by atoms with Gasteiger partial charge >= 0.3 is 5.97 Å². The summed E-state index contributed by atoms with van der Waals surface area (Å²) >= 11 is 0. The molecule has 3 heterocycles. The third kappa shape index (κ3) is 2.84. The number of carbonyl (C=O) groups is 1. The van der Waals surface area contributed by atoms with Gasteiger partial charge in [-0.3, -0.25) is 14.6 Å². The Labute approximate surface area is 142 Å². The molecule has 7 nitrogen and oxygen atoms in total. The Balaban J connectivity index is 1.40. The largest absolute Gasteiger partial charge is 0.481 e. The highest BCUT2D eigenvalue weighted by Gasteiger charge is 2.58. The first-order valence-electron chi connectivity index (χ1n) is 9.19. The fourth-order valence-electron chi connectivity index (χ4n) is 5.00. The van der Waals surface area contributed by atoms with Crippen LogP contribution in [0.15, 0.2) is 12.7 Å². The molecule has 1 aromatic heterocycles. The summed E-state index contributed by atoms with van der Waals surface area (Å²) < 4.78 is 1.95. The molecule has 0 radical (unpaired) electrons. The molecular formula is C17H27N5O2. The molecule has 0 unspecified atom stereocenters. The molecule has 24 heavy (non-hydrogen) atoms. The van der Waals surface area contributed by atoms with Crippen LogP contribution in [0.3, 0.4) is 0 Å². The Bertz CT molecular complexity index is 572. The Morgan fingerprint density at radius 3 is 2.50 bits per heavy atom. The van der Waals surface area contributed by atoms with Gasteiger partial charge in [0.15, 0.2) is 0 Å². The standard InChI is InChI=1S/C17H27N5O2/c23-16(24)17-10-20(6-7-21-12-18-19-13-21)8-14(17)9-22(11-17)15-4-2-1-3-5-15/h12-15H,1-11H2,(H,23,24)/t14-,17-/m0/s1. The van der Waals surface area contributed by atoms with E-state index in [1.165, 1.54) is 32.1 Å². The lowest BCUT2D eigenvalue weighted by Gasteiger charge is -2.33. The van der Waals surface area contributed by atoms with Crippen molar-refractivity contribution in [3.8, 4) is 0 Å². The highest BCUT2D eigenvalue weighted by Crippen LogP contribution is 2.44. The van der Waals surface area contributed by atoms with Crippen LogP contribution < -0.4 is 0 Å². The van der Waals surface area contributed by atoms with Gasteiger partial charge in [-0.2, -0.15) is 0 Å². The third-order valence-electron chi connectivity index (χ3n) is 6.36. The zero-order valence-electron chi connectivity index (χ0n) is 14.2. The number of carboxylic acids is 1. The van der Waals surface area contributed by atoms with Gasteiger partial charge in [0.25, 0.3) is 0 Å². The van der Waals surface area contributed by atoms with E-state index >= 15 is 0 Å². The topological polar surface area (TPSA) is 74.5 Å². The molecule has 1 saturated carbocycles. The molecule has 2 saturated heterocycles. The molecule has 0 amide bonds. The van der Waals surface area contributed by atoms with Gasteiger partial charge in [-0.1, -0.05) is 19.3 Å². The zero-order chi connectivity index (χ0) is 16.6. The third-order valence-corrected chi connectivity index (χ3v) is 6.36. The summed E-state index contributed by atoms with van der Waals surface area (Å²) in [6, 6.07) is 0.617. The van der Waals surface area contributed by atoms with E-state index < -0.39 is 11.4 Å². The van der Waals surface area contributed by atoms with Crippen LogP contribution in [0.5, 0.6) is 0 Å². The molecule has 3 aliphatic rings. The predicted octanol–water partition coefficient (Wildman–Crippen LogP) is 0.929. The van der Waals surface area contributed by atoms with Crippen molar-refractivity contribution in [3.05, 3.63) is 12.7 Å². The molecule has 0 spiro atoms. The van der Waals surface area contributed by atoms with Gasteiger partial charge in [0.1, 0.15) is 12.7 Å². The molecule has 132 valence electrons. The minimum absolute atomic E-state index is 0.262. The molecule has 0 aromatic carbocycles. The Hall–Kier alpha value is -1.47. The maximum atomic E-state index is 12.1. The highest BCUT2D eigenvalue weighted by molar-refractivity contribution is 5.77. The van der Waals surface area contributed by atoms with Crippen LogP contribution in [0.1, 0.15) is 32.1 Å². The van der Waals surface area contributed by atoms with Crippen LogP contribution in [-0.4, -0.2) is 74.4 Å². The van der Waals surface area contributed by atoms with Crippen LogP contribution in [0.2, 0.25) is 0 Å². The van der Waals surface area contributed by atoms with Crippen molar-refractivity contribution < 1.29 is 9.90 Å². The maximum Gasteiger partial charge on any atom is 0.312 e. The van der Waals surface area contributed by atoms with Crippen LogP contribution in [0.4, 0.5) is 0 Å². The number of aliphatic carboxylic acids is 1. The Kier molecular flexibility index (Phi) is 4.30. The maximum absolute atomic E-state index is 12.1. The first kappa shape index (κ1) is 16.0. The van der Waals surface area contributed by atoms with Crippen LogP contribution in [0, 0.1) is 11.3 Å². The lowest BCUT2D eigenvalue weighted by molar-refractivity contribution is -0.149. The van der Waals surface area contributed by atoms with Crippen LogP contribution in [-0.2, 0) is 11.3 Å². The number of likely N-dealkylation sites (tertiary alicyclic amines) is 2. The van der Waals surface area contributed by atoms with E-state index in [1.54, 1.807) is 12.7 Å². The lowest BCUT2D eigenvalue weighted by atomic mass is 9.81. The first-order valence-corrected chi connectivity index (χ1v) is 9.19. The van der Waals surface area contributed by atoms with Crippen molar-refractivity contribution in [1.29, 1.82) is 0 Å². The number of rotatable bonds is 5. The van der Waals surface area contributed by atoms with E-state index in [1.807, 2.05) is 4.57 Å². The highest BCUT2D eigenvalue weighted by atomic mass is 16.4.